The predicted octanol–water partition coefficient (Wildman–Crippen LogP) is 1.92. The third-order valence-electron chi connectivity index (χ3n) is 2.64. The summed E-state index contributed by atoms with van der Waals surface area (Å²) >= 11 is 0. The predicted molar refractivity (Wildman–Crippen MR) is 66.6 cm³/mol. The zero-order chi connectivity index (χ0) is 12.3. The molecule has 0 unspecified atom stereocenters. The molecule has 1 aromatic carbocycles. The minimum absolute atomic E-state index is 0.393. The molecule has 4 nitrogen and oxygen atoms in total. The minimum atomic E-state index is 0.393. The Balaban J connectivity index is 2.38. The number of hydrogen-bond donors (Lipinski definition) is 1. The van der Waals surface area contributed by atoms with E-state index in [1.54, 1.807) is 13.3 Å². The third-order valence-corrected chi connectivity index (χ3v) is 2.64. The van der Waals surface area contributed by atoms with Crippen LogP contribution in [0.25, 0.3) is 11.1 Å². The molecule has 0 bridgehead atoms. The largest absolute Gasteiger partial charge is 0.467 e. The Morgan fingerprint density at radius 3 is 2.47 bits per heavy atom. The van der Waals surface area contributed by atoms with Gasteiger partial charge in [-0.05, 0) is 18.1 Å². The molecule has 1 aromatic heterocycles. The molecule has 0 spiro atoms. The number of nitrogens with two attached hydrogens (primary N) is 1. The summed E-state index contributed by atoms with van der Waals surface area (Å²) in [5.74, 6) is 0. The summed E-state index contributed by atoms with van der Waals surface area (Å²) in [7, 11) is 1.56. The van der Waals surface area contributed by atoms with E-state index >= 15 is 0 Å². The van der Waals surface area contributed by atoms with E-state index in [4.69, 9.17) is 10.5 Å². The van der Waals surface area contributed by atoms with Gasteiger partial charge in [0.15, 0.2) is 0 Å². The first kappa shape index (κ1) is 11.5. The monoisotopic (exact) mass is 229 g/mol. The van der Waals surface area contributed by atoms with E-state index in [2.05, 4.69) is 9.97 Å². The topological polar surface area (TPSA) is 61.0 Å². The van der Waals surface area contributed by atoms with E-state index in [1.165, 1.54) is 0 Å². The zero-order valence-corrected chi connectivity index (χ0v) is 9.97. The van der Waals surface area contributed by atoms with Gasteiger partial charge in [0, 0.05) is 18.3 Å². The lowest BCUT2D eigenvalue weighted by atomic mass is 10.0. The fourth-order valence-corrected chi connectivity index (χ4v) is 1.65. The SMILES string of the molecule is COc1ncc(-c2ccc(CN)cc2)c(C)n1. The number of hydrogen-bond acceptors (Lipinski definition) is 4. The van der Waals surface area contributed by atoms with Gasteiger partial charge in [-0.15, -0.1) is 0 Å². The molecule has 0 amide bonds. The Labute approximate surface area is 100 Å². The van der Waals surface area contributed by atoms with Gasteiger partial charge < -0.3 is 10.5 Å². The van der Waals surface area contributed by atoms with Crippen LogP contribution in [0.1, 0.15) is 11.3 Å². The van der Waals surface area contributed by atoms with Crippen LogP contribution >= 0.6 is 0 Å². The molecule has 2 aromatic rings. The number of rotatable bonds is 3. The van der Waals surface area contributed by atoms with Crippen LogP contribution in [0.5, 0.6) is 6.01 Å². The third kappa shape index (κ3) is 2.42. The number of methoxy groups -OCH3 is 1. The van der Waals surface area contributed by atoms with Crippen molar-refractivity contribution >= 4 is 0 Å². The van der Waals surface area contributed by atoms with Gasteiger partial charge in [-0.25, -0.2) is 4.98 Å². The van der Waals surface area contributed by atoms with Crippen molar-refractivity contribution in [3.05, 3.63) is 41.7 Å². The highest BCUT2D eigenvalue weighted by Crippen LogP contribution is 2.22. The van der Waals surface area contributed by atoms with Crippen LogP contribution in [0.3, 0.4) is 0 Å². The van der Waals surface area contributed by atoms with E-state index in [0.717, 1.165) is 22.4 Å². The van der Waals surface area contributed by atoms with Gasteiger partial charge in [-0.2, -0.15) is 4.98 Å². The summed E-state index contributed by atoms with van der Waals surface area (Å²) in [6.45, 7) is 2.49. The Morgan fingerprint density at radius 1 is 1.24 bits per heavy atom. The average molecular weight is 229 g/mol. The first-order valence-corrected chi connectivity index (χ1v) is 5.41. The van der Waals surface area contributed by atoms with E-state index in [1.807, 2.05) is 31.2 Å². The van der Waals surface area contributed by atoms with Gasteiger partial charge in [-0.1, -0.05) is 24.3 Å². The number of nitrogens with zero attached hydrogens (tertiary/aromatic N) is 2. The maximum atomic E-state index is 5.57. The summed E-state index contributed by atoms with van der Waals surface area (Å²) < 4.78 is 4.98. The highest BCUT2D eigenvalue weighted by Gasteiger charge is 2.05. The molecule has 1 heterocycles. The van der Waals surface area contributed by atoms with E-state index in [9.17, 15) is 0 Å². The van der Waals surface area contributed by atoms with Crippen molar-refractivity contribution in [1.82, 2.24) is 9.97 Å². The summed E-state index contributed by atoms with van der Waals surface area (Å²) in [6.07, 6.45) is 1.78. The van der Waals surface area contributed by atoms with Crippen molar-refractivity contribution < 1.29 is 4.74 Å². The van der Waals surface area contributed by atoms with Crippen LogP contribution in [-0.2, 0) is 6.54 Å². The molecule has 17 heavy (non-hydrogen) atoms. The average Bonchev–Trinajstić information content (AvgIpc) is 2.39. The molecule has 0 saturated carbocycles. The van der Waals surface area contributed by atoms with Gasteiger partial charge in [0.25, 0.3) is 0 Å². The molecule has 0 aliphatic heterocycles. The molecule has 4 heteroatoms. The summed E-state index contributed by atoms with van der Waals surface area (Å²) in [5, 5.41) is 0. The van der Waals surface area contributed by atoms with Crippen molar-refractivity contribution in [2.45, 2.75) is 13.5 Å². The molecule has 2 rings (SSSR count). The van der Waals surface area contributed by atoms with Crippen LogP contribution in [-0.4, -0.2) is 17.1 Å². The molecular formula is C13H15N3O. The fraction of sp³-hybridized carbons (Fsp3) is 0.231. The lowest BCUT2D eigenvalue weighted by Crippen LogP contribution is -1.97. The second-order valence-electron chi connectivity index (χ2n) is 3.76. The van der Waals surface area contributed by atoms with Crippen molar-refractivity contribution in [2.75, 3.05) is 7.11 Å². The highest BCUT2D eigenvalue weighted by atomic mass is 16.5. The maximum Gasteiger partial charge on any atom is 0.316 e. The molecule has 0 atom stereocenters. The number of benzene rings is 1. The zero-order valence-electron chi connectivity index (χ0n) is 9.97. The van der Waals surface area contributed by atoms with E-state index < -0.39 is 0 Å². The minimum Gasteiger partial charge on any atom is -0.467 e. The Hall–Kier alpha value is -1.94. The van der Waals surface area contributed by atoms with Crippen LogP contribution in [0.4, 0.5) is 0 Å². The quantitative estimate of drug-likeness (QED) is 0.873. The van der Waals surface area contributed by atoms with Gasteiger partial charge in [-0.3, -0.25) is 0 Å². The van der Waals surface area contributed by atoms with Crippen LogP contribution in [0.15, 0.2) is 30.5 Å². The van der Waals surface area contributed by atoms with Crippen LogP contribution in [0.2, 0.25) is 0 Å². The lowest BCUT2D eigenvalue weighted by Gasteiger charge is -2.07. The molecule has 0 aliphatic rings. The summed E-state index contributed by atoms with van der Waals surface area (Å²) in [6, 6.07) is 8.48. The Kier molecular flexibility index (Phi) is 3.35. The number of aryl methyl sites for hydroxylation is 1. The maximum absolute atomic E-state index is 5.57. The second kappa shape index (κ2) is 4.93. The van der Waals surface area contributed by atoms with Crippen molar-refractivity contribution in [3.8, 4) is 17.1 Å². The summed E-state index contributed by atoms with van der Waals surface area (Å²) in [4.78, 5) is 8.37. The van der Waals surface area contributed by atoms with Gasteiger partial charge >= 0.3 is 6.01 Å². The smallest absolute Gasteiger partial charge is 0.316 e. The molecule has 88 valence electrons. The standard InChI is InChI=1S/C13H15N3O/c1-9-12(8-15-13(16-9)17-2)11-5-3-10(7-14)4-6-11/h3-6,8H,7,14H2,1-2H3. The van der Waals surface area contributed by atoms with Crippen molar-refractivity contribution in [1.29, 1.82) is 0 Å². The van der Waals surface area contributed by atoms with E-state index in [-0.39, 0.29) is 0 Å². The first-order chi connectivity index (χ1) is 8.24. The Bertz CT molecular complexity index is 509. The van der Waals surface area contributed by atoms with Gasteiger partial charge in [0.2, 0.25) is 0 Å². The van der Waals surface area contributed by atoms with Crippen LogP contribution in [0, 0.1) is 6.92 Å². The lowest BCUT2D eigenvalue weighted by molar-refractivity contribution is 0.379. The van der Waals surface area contributed by atoms with Gasteiger partial charge in [0.05, 0.1) is 12.8 Å². The molecule has 0 radical (unpaired) electrons. The van der Waals surface area contributed by atoms with Crippen molar-refractivity contribution in [3.63, 3.8) is 0 Å². The second-order valence-corrected chi connectivity index (χ2v) is 3.76. The van der Waals surface area contributed by atoms with Gasteiger partial charge in [0.1, 0.15) is 0 Å². The van der Waals surface area contributed by atoms with Crippen LogP contribution < -0.4 is 10.5 Å². The van der Waals surface area contributed by atoms with E-state index in [0.29, 0.717) is 12.6 Å². The Morgan fingerprint density at radius 2 is 1.94 bits per heavy atom. The van der Waals surface area contributed by atoms with Crippen molar-refractivity contribution in [2.24, 2.45) is 5.73 Å². The number of ether oxygens (including phenoxy) is 1. The fourth-order valence-electron chi connectivity index (χ4n) is 1.65. The highest BCUT2D eigenvalue weighted by molar-refractivity contribution is 5.65. The normalized spacial score (nSPS) is 10.3. The molecule has 2 N–H and O–H groups in total. The number of aromatic nitrogens is 2. The molecule has 0 aliphatic carbocycles. The summed E-state index contributed by atoms with van der Waals surface area (Å²) in [5.41, 5.74) is 9.67. The molecule has 0 fully saturated rings. The molecular weight excluding hydrogens is 214 g/mol. The first-order valence-electron chi connectivity index (χ1n) is 5.41. The molecule has 0 saturated heterocycles.